The Morgan fingerprint density at radius 2 is 1.42 bits per heavy atom. The van der Waals surface area contributed by atoms with Crippen molar-refractivity contribution in [3.63, 3.8) is 0 Å². The molecule has 26 heavy (non-hydrogen) atoms. The van der Waals surface area contributed by atoms with Gasteiger partial charge in [0.1, 0.15) is 0 Å². The first-order valence-corrected chi connectivity index (χ1v) is 9.20. The Balaban J connectivity index is 1.89. The molecule has 3 nitrogen and oxygen atoms in total. The third-order valence-corrected chi connectivity index (χ3v) is 5.39. The fourth-order valence-corrected chi connectivity index (χ4v) is 3.05. The van der Waals surface area contributed by atoms with Crippen LogP contribution in [-0.4, -0.2) is 18.3 Å². The predicted octanol–water partition coefficient (Wildman–Crippen LogP) is 4.79. The van der Waals surface area contributed by atoms with E-state index in [0.29, 0.717) is 6.42 Å². The third-order valence-electron chi connectivity index (χ3n) is 5.39. The molecule has 2 aromatic rings. The van der Waals surface area contributed by atoms with Crippen LogP contribution in [0.5, 0.6) is 0 Å². The third kappa shape index (κ3) is 4.09. The molecule has 0 aromatic heterocycles. The molecule has 0 radical (unpaired) electrons. The van der Waals surface area contributed by atoms with Crippen LogP contribution in [0.2, 0.25) is 0 Å². The normalized spacial score (nSPS) is 20.2. The minimum atomic E-state index is -0.394. The average Bonchev–Trinajstić information content (AvgIpc) is 2.83. The van der Waals surface area contributed by atoms with Crippen molar-refractivity contribution < 1.29 is 9.31 Å². The summed E-state index contributed by atoms with van der Waals surface area (Å²) in [7, 11) is -0.394. The molecule has 0 aliphatic carbocycles. The van der Waals surface area contributed by atoms with E-state index in [0.717, 1.165) is 16.6 Å². The molecule has 4 heteroatoms. The maximum Gasteiger partial charge on any atom is 0.490 e. The highest BCUT2D eigenvalue weighted by Crippen LogP contribution is 2.40. The van der Waals surface area contributed by atoms with E-state index in [1.807, 2.05) is 36.4 Å². The standard InChI is InChI=1S/C22H28BNO2/c1-21(2)22(3,4)26-23(25-21)19(15-17-11-7-5-8-12-17)16-20(24)18-13-9-6-10-14-18/h5-15,20H,16,24H2,1-4H3/b19-15-/t20-/m0/s1. The summed E-state index contributed by atoms with van der Waals surface area (Å²) >= 11 is 0. The first-order valence-electron chi connectivity index (χ1n) is 9.20. The number of hydrogen-bond donors (Lipinski definition) is 1. The minimum Gasteiger partial charge on any atom is -0.400 e. The summed E-state index contributed by atoms with van der Waals surface area (Å²) < 4.78 is 12.6. The topological polar surface area (TPSA) is 44.5 Å². The quantitative estimate of drug-likeness (QED) is 0.789. The summed E-state index contributed by atoms with van der Waals surface area (Å²) in [4.78, 5) is 0. The fraction of sp³-hybridized carbons (Fsp3) is 0.364. The molecular formula is C22H28BNO2. The van der Waals surface area contributed by atoms with Crippen LogP contribution in [0.1, 0.15) is 51.3 Å². The molecule has 0 amide bonds. The molecule has 1 heterocycles. The van der Waals surface area contributed by atoms with Gasteiger partial charge in [-0.15, -0.1) is 0 Å². The van der Waals surface area contributed by atoms with Crippen molar-refractivity contribution in [3.8, 4) is 0 Å². The van der Waals surface area contributed by atoms with E-state index in [1.165, 1.54) is 0 Å². The highest BCUT2D eigenvalue weighted by molar-refractivity contribution is 6.55. The van der Waals surface area contributed by atoms with Gasteiger partial charge in [-0.05, 0) is 50.7 Å². The fourth-order valence-electron chi connectivity index (χ4n) is 3.05. The molecule has 2 N–H and O–H groups in total. The van der Waals surface area contributed by atoms with E-state index in [2.05, 4.69) is 58.0 Å². The molecule has 0 saturated carbocycles. The van der Waals surface area contributed by atoms with E-state index in [-0.39, 0.29) is 17.2 Å². The molecule has 1 atom stereocenters. The largest absolute Gasteiger partial charge is 0.490 e. The lowest BCUT2D eigenvalue weighted by Crippen LogP contribution is -2.41. The van der Waals surface area contributed by atoms with Gasteiger partial charge in [-0.25, -0.2) is 0 Å². The van der Waals surface area contributed by atoms with Gasteiger partial charge in [-0.1, -0.05) is 66.7 Å². The van der Waals surface area contributed by atoms with Crippen molar-refractivity contribution in [1.82, 2.24) is 0 Å². The predicted molar refractivity (Wildman–Crippen MR) is 108 cm³/mol. The summed E-state index contributed by atoms with van der Waals surface area (Å²) in [5, 5.41) is 0. The second-order valence-corrected chi connectivity index (χ2v) is 7.94. The lowest BCUT2D eigenvalue weighted by Gasteiger charge is -2.32. The van der Waals surface area contributed by atoms with Crippen molar-refractivity contribution in [2.75, 3.05) is 0 Å². The number of benzene rings is 2. The zero-order valence-electron chi connectivity index (χ0n) is 16.1. The summed E-state index contributed by atoms with van der Waals surface area (Å²) in [6.07, 6.45) is 2.82. The summed E-state index contributed by atoms with van der Waals surface area (Å²) in [5.74, 6) is 0. The van der Waals surface area contributed by atoms with Crippen LogP contribution >= 0.6 is 0 Å². The van der Waals surface area contributed by atoms with Gasteiger partial charge < -0.3 is 15.0 Å². The molecule has 3 rings (SSSR count). The zero-order valence-corrected chi connectivity index (χ0v) is 16.1. The van der Waals surface area contributed by atoms with Gasteiger partial charge in [-0.3, -0.25) is 0 Å². The molecule has 2 aromatic carbocycles. The molecule has 0 bridgehead atoms. The molecular weight excluding hydrogens is 321 g/mol. The van der Waals surface area contributed by atoms with Gasteiger partial charge >= 0.3 is 7.12 Å². The molecule has 1 fully saturated rings. The van der Waals surface area contributed by atoms with Crippen molar-refractivity contribution in [1.29, 1.82) is 0 Å². The van der Waals surface area contributed by atoms with E-state index in [9.17, 15) is 0 Å². The molecule has 1 aliphatic heterocycles. The van der Waals surface area contributed by atoms with Crippen molar-refractivity contribution >= 4 is 13.2 Å². The van der Waals surface area contributed by atoms with Crippen molar-refractivity contribution in [2.45, 2.75) is 51.4 Å². The maximum absolute atomic E-state index is 6.50. The molecule has 0 spiro atoms. The zero-order chi connectivity index (χ0) is 18.8. The van der Waals surface area contributed by atoms with Crippen LogP contribution in [0.25, 0.3) is 6.08 Å². The average molecular weight is 349 g/mol. The molecule has 0 unspecified atom stereocenters. The first-order chi connectivity index (χ1) is 12.3. The smallest absolute Gasteiger partial charge is 0.400 e. The minimum absolute atomic E-state index is 0.106. The van der Waals surface area contributed by atoms with E-state index in [4.69, 9.17) is 15.0 Å². The maximum atomic E-state index is 6.50. The Morgan fingerprint density at radius 1 is 0.923 bits per heavy atom. The van der Waals surface area contributed by atoms with Gasteiger partial charge in [0.2, 0.25) is 0 Å². The summed E-state index contributed by atoms with van der Waals surface area (Å²) in [6.45, 7) is 8.29. The summed E-state index contributed by atoms with van der Waals surface area (Å²) in [5.41, 5.74) is 9.06. The number of rotatable bonds is 5. The molecule has 1 aliphatic rings. The van der Waals surface area contributed by atoms with Gasteiger partial charge in [0.15, 0.2) is 0 Å². The SMILES string of the molecule is CC1(C)OB(/C(=C\c2ccccc2)C[C@H](N)c2ccccc2)OC1(C)C. The van der Waals surface area contributed by atoms with Crippen LogP contribution in [-0.2, 0) is 9.31 Å². The van der Waals surface area contributed by atoms with Crippen LogP contribution in [0.3, 0.4) is 0 Å². The van der Waals surface area contributed by atoms with Crippen LogP contribution < -0.4 is 5.73 Å². The summed E-state index contributed by atoms with van der Waals surface area (Å²) in [6, 6.07) is 20.3. The molecule has 1 saturated heterocycles. The van der Waals surface area contributed by atoms with Gasteiger partial charge in [0.05, 0.1) is 11.2 Å². The van der Waals surface area contributed by atoms with Gasteiger partial charge in [0, 0.05) is 6.04 Å². The van der Waals surface area contributed by atoms with Crippen molar-refractivity contribution in [2.24, 2.45) is 5.73 Å². The monoisotopic (exact) mass is 349 g/mol. The Bertz CT molecular complexity index is 740. The van der Waals surface area contributed by atoms with E-state index >= 15 is 0 Å². The van der Waals surface area contributed by atoms with Crippen molar-refractivity contribution in [3.05, 3.63) is 77.3 Å². The Hall–Kier alpha value is -1.88. The highest BCUT2D eigenvalue weighted by Gasteiger charge is 2.52. The van der Waals surface area contributed by atoms with Gasteiger partial charge in [-0.2, -0.15) is 0 Å². The lowest BCUT2D eigenvalue weighted by atomic mass is 9.73. The lowest BCUT2D eigenvalue weighted by molar-refractivity contribution is 0.00578. The number of hydrogen-bond acceptors (Lipinski definition) is 3. The Kier molecular flexibility index (Phi) is 5.38. The first kappa shape index (κ1) is 18.9. The second-order valence-electron chi connectivity index (χ2n) is 7.94. The number of nitrogens with two attached hydrogens (primary N) is 1. The van der Waals surface area contributed by atoms with Crippen LogP contribution in [0, 0.1) is 0 Å². The van der Waals surface area contributed by atoms with Crippen LogP contribution in [0.4, 0.5) is 0 Å². The molecule has 136 valence electrons. The van der Waals surface area contributed by atoms with Crippen LogP contribution in [0.15, 0.2) is 66.1 Å². The second kappa shape index (κ2) is 7.39. The van der Waals surface area contributed by atoms with E-state index in [1.54, 1.807) is 0 Å². The van der Waals surface area contributed by atoms with Gasteiger partial charge in [0.25, 0.3) is 0 Å². The Morgan fingerprint density at radius 3 is 1.96 bits per heavy atom. The van der Waals surface area contributed by atoms with E-state index < -0.39 is 7.12 Å². The highest BCUT2D eigenvalue weighted by atomic mass is 16.7. The Labute approximate surface area is 157 Å².